The van der Waals surface area contributed by atoms with Gasteiger partial charge in [0, 0.05) is 6.16 Å². The molecule has 2 atom stereocenters. The van der Waals surface area contributed by atoms with E-state index < -0.39 is 7.14 Å². The molecular weight excluding hydrogens is 93.8 g/mol. The van der Waals surface area contributed by atoms with Crippen LogP contribution < -0.4 is 0 Å². The van der Waals surface area contributed by atoms with Gasteiger partial charge in [-0.15, -0.1) is 0 Å². The molecule has 0 aromatic heterocycles. The third kappa shape index (κ3) is 0.540. The van der Waals surface area contributed by atoms with Crippen LogP contribution in [0.3, 0.4) is 0 Å². The van der Waals surface area contributed by atoms with Gasteiger partial charge in [0.2, 0.25) is 0 Å². The Hall–Kier alpha value is 0.295. The van der Waals surface area contributed by atoms with Crippen LogP contribution in [0, 0.1) is 0 Å². The normalized spacial score (nSPS) is 55.2. The van der Waals surface area contributed by atoms with Gasteiger partial charge in [-0.05, 0) is 12.2 Å². The average Bonchev–Trinajstić information content (AvgIpc) is 1.73. The van der Waals surface area contributed by atoms with Gasteiger partial charge in [-0.3, -0.25) is 0 Å². The molecule has 0 N–H and O–H groups in total. The van der Waals surface area contributed by atoms with E-state index in [0.29, 0.717) is 0 Å². The third-order valence-electron chi connectivity index (χ3n) is 1.12. The van der Waals surface area contributed by atoms with Gasteiger partial charge in [-0.2, -0.15) is 0 Å². The highest BCUT2D eigenvalue weighted by molar-refractivity contribution is 7.73. The summed E-state index contributed by atoms with van der Waals surface area (Å²) in [6.45, 7) is 1.75. The Morgan fingerprint density at radius 1 is 2.00 bits per heavy atom. The van der Waals surface area contributed by atoms with E-state index in [2.05, 4.69) is 0 Å². The van der Waals surface area contributed by atoms with E-state index >= 15 is 0 Å². The van der Waals surface area contributed by atoms with Crippen LogP contribution in [0.5, 0.6) is 0 Å². The lowest BCUT2D eigenvalue weighted by molar-refractivity contribution is 0.591. The molecule has 1 unspecified atom stereocenters. The Morgan fingerprint density at radius 2 is 2.17 bits per heavy atom. The van der Waals surface area contributed by atoms with E-state index in [4.69, 9.17) is 7.85 Å². The van der Waals surface area contributed by atoms with Crippen molar-refractivity contribution in [3.05, 3.63) is 0 Å². The summed E-state index contributed by atoms with van der Waals surface area (Å²) < 4.78 is 10.5. The van der Waals surface area contributed by atoms with Gasteiger partial charge in [0.25, 0.3) is 0 Å². The Balaban J connectivity index is 2.64. The van der Waals surface area contributed by atoms with Crippen molar-refractivity contribution in [2.75, 3.05) is 12.8 Å². The van der Waals surface area contributed by atoms with Crippen molar-refractivity contribution in [3.63, 3.8) is 0 Å². The Morgan fingerprint density at radius 3 is 2.17 bits per heavy atom. The summed E-state index contributed by atoms with van der Waals surface area (Å²) in [5, 5.41) is 0. The summed E-state index contributed by atoms with van der Waals surface area (Å²) in [5.41, 5.74) is 0.0532. The van der Waals surface area contributed by atoms with Gasteiger partial charge in [0.05, 0.1) is 15.0 Å². The summed E-state index contributed by atoms with van der Waals surface area (Å²) in [6.07, 6.45) is 0.771. The molecule has 0 spiro atoms. The maximum Gasteiger partial charge on any atom is 0.0810 e. The molecule has 1 heterocycles. The van der Waals surface area contributed by atoms with E-state index in [1.807, 2.05) is 0 Å². The number of hydrogen-bond donors (Lipinski definition) is 0. The van der Waals surface area contributed by atoms with E-state index in [9.17, 15) is 4.57 Å². The van der Waals surface area contributed by atoms with E-state index in [0.717, 1.165) is 6.16 Å². The van der Waals surface area contributed by atoms with Crippen LogP contribution >= 0.6 is 7.14 Å². The topological polar surface area (TPSA) is 17.1 Å². The van der Waals surface area contributed by atoms with Gasteiger partial charge >= 0.3 is 0 Å². The quantitative estimate of drug-likeness (QED) is 0.319. The molecule has 0 aromatic rings. The first-order valence-electron chi connectivity index (χ1n) is 1.95. The van der Waals surface area contributed by atoms with Crippen LogP contribution in [-0.4, -0.2) is 26.2 Å². The predicted molar refractivity (Wildman–Crippen MR) is 27.9 cm³/mol. The third-order valence-corrected chi connectivity index (χ3v) is 3.35. The molecule has 1 fully saturated rings. The van der Waals surface area contributed by atoms with Gasteiger partial charge < -0.3 is 4.57 Å². The minimum Gasteiger partial charge on any atom is -0.324 e. The molecule has 1 rings (SSSR count). The molecule has 0 bridgehead atoms. The molecule has 2 radical (unpaired) electrons. The highest BCUT2D eigenvalue weighted by atomic mass is 31.2. The largest absolute Gasteiger partial charge is 0.324 e. The first-order valence-corrected chi connectivity index (χ1v) is 4.35. The van der Waals surface area contributed by atoms with Crippen LogP contribution in [-0.2, 0) is 4.57 Å². The number of hydrogen-bond acceptors (Lipinski definition) is 1. The van der Waals surface area contributed by atoms with Gasteiger partial charge in [-0.25, -0.2) is 0 Å². The fourth-order valence-corrected chi connectivity index (χ4v) is 1.66. The van der Waals surface area contributed by atoms with E-state index in [1.54, 1.807) is 6.66 Å². The Labute approximate surface area is 38.9 Å². The molecule has 6 heavy (non-hydrogen) atoms. The van der Waals surface area contributed by atoms with Crippen LogP contribution in [0.2, 0.25) is 0 Å². The SMILES string of the molecule is [B]C1C[P@]1(C)=O. The standard InChI is InChI=1S/C3H6BOP/c1-6(5)2-3(6)4/h3H,2H2,1H3/t3?,6-/m0/s1. The lowest BCUT2D eigenvalue weighted by atomic mass is 10.1. The Kier molecular flexibility index (Phi) is 0.684. The second-order valence-corrected chi connectivity index (χ2v) is 5.30. The molecule has 3 heteroatoms. The fraction of sp³-hybridized carbons (Fsp3) is 1.00. The van der Waals surface area contributed by atoms with Gasteiger partial charge in [-0.1, -0.05) is 0 Å². The molecule has 1 saturated heterocycles. The summed E-state index contributed by atoms with van der Waals surface area (Å²) in [6, 6.07) is 0. The molecule has 0 saturated carbocycles. The summed E-state index contributed by atoms with van der Waals surface area (Å²) in [5.74, 6) is 0. The lowest BCUT2D eigenvalue weighted by Gasteiger charge is -1.73. The van der Waals surface area contributed by atoms with E-state index in [1.165, 1.54) is 0 Å². The maximum absolute atomic E-state index is 10.5. The zero-order valence-electron chi connectivity index (χ0n) is 3.72. The number of rotatable bonds is 0. The summed E-state index contributed by atoms with van der Waals surface area (Å²) >= 11 is 0. The Bertz CT molecular complexity index is 111. The van der Waals surface area contributed by atoms with Crippen molar-refractivity contribution in [1.82, 2.24) is 0 Å². The summed E-state index contributed by atoms with van der Waals surface area (Å²) in [4.78, 5) is 0. The zero-order valence-corrected chi connectivity index (χ0v) is 4.61. The van der Waals surface area contributed by atoms with Crippen LogP contribution in [0.1, 0.15) is 0 Å². The molecular formula is C3H6BOP. The first-order chi connectivity index (χ1) is 2.63. The first kappa shape index (κ1) is 4.45. The average molecular weight is 99.9 g/mol. The lowest BCUT2D eigenvalue weighted by Crippen LogP contribution is -1.73. The van der Waals surface area contributed by atoms with Crippen molar-refractivity contribution in [2.45, 2.75) is 5.56 Å². The molecule has 32 valence electrons. The van der Waals surface area contributed by atoms with Crippen LogP contribution in [0.4, 0.5) is 0 Å². The van der Waals surface area contributed by atoms with Crippen molar-refractivity contribution in [2.24, 2.45) is 0 Å². The van der Waals surface area contributed by atoms with Gasteiger partial charge in [0.1, 0.15) is 0 Å². The van der Waals surface area contributed by atoms with Crippen molar-refractivity contribution in [1.29, 1.82) is 0 Å². The van der Waals surface area contributed by atoms with Crippen LogP contribution in [0.25, 0.3) is 0 Å². The molecule has 1 nitrogen and oxygen atoms in total. The minimum absolute atomic E-state index is 0.0532. The second-order valence-electron chi connectivity index (χ2n) is 1.92. The van der Waals surface area contributed by atoms with Crippen LogP contribution in [0.15, 0.2) is 0 Å². The van der Waals surface area contributed by atoms with E-state index in [-0.39, 0.29) is 5.56 Å². The smallest absolute Gasteiger partial charge is 0.0810 e. The predicted octanol–water partition coefficient (Wildman–Crippen LogP) is 0.487. The van der Waals surface area contributed by atoms with Crippen molar-refractivity contribution >= 4 is 15.0 Å². The summed E-state index contributed by atoms with van der Waals surface area (Å²) in [7, 11) is 3.53. The van der Waals surface area contributed by atoms with Crippen molar-refractivity contribution in [3.8, 4) is 0 Å². The molecule has 0 aliphatic carbocycles. The fourth-order valence-electron chi connectivity index (χ4n) is 0.324. The monoisotopic (exact) mass is 100 g/mol. The molecule has 0 aromatic carbocycles. The molecule has 0 amide bonds. The highest BCUT2D eigenvalue weighted by Crippen LogP contribution is 2.62. The van der Waals surface area contributed by atoms with Crippen molar-refractivity contribution < 1.29 is 4.57 Å². The maximum atomic E-state index is 10.5. The van der Waals surface area contributed by atoms with Gasteiger partial charge in [0.15, 0.2) is 0 Å². The molecule has 1 aliphatic heterocycles. The highest BCUT2D eigenvalue weighted by Gasteiger charge is 2.39. The minimum atomic E-state index is -1.70. The second kappa shape index (κ2) is 0.922. The molecule has 1 aliphatic rings. The zero-order chi connectivity index (χ0) is 4.78.